The molecular formula is C15H20BrNO. The van der Waals surface area contributed by atoms with E-state index in [0.29, 0.717) is 0 Å². The van der Waals surface area contributed by atoms with Crippen molar-refractivity contribution in [3.8, 4) is 0 Å². The molecule has 1 saturated heterocycles. The molecule has 1 heterocycles. The van der Waals surface area contributed by atoms with E-state index in [4.69, 9.17) is 0 Å². The van der Waals surface area contributed by atoms with Gasteiger partial charge in [0.05, 0.1) is 5.56 Å². The normalized spacial score (nSPS) is 20.6. The van der Waals surface area contributed by atoms with Crippen molar-refractivity contribution < 1.29 is 4.79 Å². The lowest BCUT2D eigenvalue weighted by Crippen LogP contribution is -2.32. The molecule has 2 rings (SSSR count). The predicted octanol–water partition coefficient (Wildman–Crippen LogP) is 4.10. The highest BCUT2D eigenvalue weighted by atomic mass is 79.9. The smallest absolute Gasteiger partial charge is 0.254 e. The molecule has 0 radical (unpaired) electrons. The van der Waals surface area contributed by atoms with E-state index in [1.165, 1.54) is 12.8 Å². The number of carbonyl (C=O) groups excluding carboxylic acids is 1. The van der Waals surface area contributed by atoms with Crippen molar-refractivity contribution in [1.29, 1.82) is 0 Å². The molecule has 1 amide bonds. The molecule has 2 nitrogen and oxygen atoms in total. The van der Waals surface area contributed by atoms with Crippen LogP contribution in [-0.2, 0) is 0 Å². The molecule has 0 spiro atoms. The lowest BCUT2D eigenvalue weighted by atomic mass is 9.98. The van der Waals surface area contributed by atoms with Crippen molar-refractivity contribution in [2.24, 2.45) is 5.92 Å². The summed E-state index contributed by atoms with van der Waals surface area (Å²) in [5.74, 6) is 0.959. The zero-order valence-corrected chi connectivity index (χ0v) is 12.4. The van der Waals surface area contributed by atoms with Gasteiger partial charge < -0.3 is 4.90 Å². The minimum absolute atomic E-state index is 0.166. The zero-order valence-electron chi connectivity index (χ0n) is 10.9. The molecule has 1 aromatic carbocycles. The summed E-state index contributed by atoms with van der Waals surface area (Å²) >= 11 is 3.46. The first-order valence-corrected chi connectivity index (χ1v) is 7.55. The first-order valence-electron chi connectivity index (χ1n) is 6.76. The van der Waals surface area contributed by atoms with E-state index in [1.54, 1.807) is 0 Å². The summed E-state index contributed by atoms with van der Waals surface area (Å²) in [7, 11) is 0. The average Bonchev–Trinajstić information content (AvgIpc) is 2.63. The molecule has 1 aromatic rings. The molecule has 98 valence electrons. The fourth-order valence-electron chi connectivity index (χ4n) is 2.58. The standard InChI is InChI=1S/C15H20BrNO/c1-2-12-6-5-10-17(11-9-12)15(18)13-7-3-4-8-14(13)16/h3-4,7-8,12H,2,5-6,9-11H2,1H3. The van der Waals surface area contributed by atoms with Crippen LogP contribution in [-0.4, -0.2) is 23.9 Å². The monoisotopic (exact) mass is 309 g/mol. The van der Waals surface area contributed by atoms with E-state index in [2.05, 4.69) is 22.9 Å². The van der Waals surface area contributed by atoms with E-state index in [1.807, 2.05) is 29.2 Å². The molecule has 0 N–H and O–H groups in total. The molecule has 1 aliphatic heterocycles. The van der Waals surface area contributed by atoms with E-state index < -0.39 is 0 Å². The van der Waals surface area contributed by atoms with E-state index in [-0.39, 0.29) is 5.91 Å². The molecule has 3 heteroatoms. The maximum atomic E-state index is 12.5. The van der Waals surface area contributed by atoms with Crippen molar-refractivity contribution in [3.05, 3.63) is 34.3 Å². The van der Waals surface area contributed by atoms with Gasteiger partial charge in [-0.1, -0.05) is 25.5 Å². The van der Waals surface area contributed by atoms with Gasteiger partial charge in [0.25, 0.3) is 5.91 Å². The molecule has 1 atom stereocenters. The van der Waals surface area contributed by atoms with Crippen molar-refractivity contribution in [2.45, 2.75) is 32.6 Å². The summed E-state index contributed by atoms with van der Waals surface area (Å²) in [6.45, 7) is 4.05. The Hall–Kier alpha value is -0.830. The zero-order chi connectivity index (χ0) is 13.0. The Morgan fingerprint density at radius 1 is 1.33 bits per heavy atom. The second kappa shape index (κ2) is 6.37. The summed E-state index contributed by atoms with van der Waals surface area (Å²) in [5.41, 5.74) is 0.785. The molecule has 18 heavy (non-hydrogen) atoms. The number of rotatable bonds is 2. The number of halogens is 1. The Labute approximate surface area is 117 Å². The third-order valence-electron chi connectivity index (χ3n) is 3.82. The molecule has 1 unspecified atom stereocenters. The number of nitrogens with zero attached hydrogens (tertiary/aromatic N) is 1. The Kier molecular flexibility index (Phi) is 4.81. The summed E-state index contributed by atoms with van der Waals surface area (Å²) < 4.78 is 0.895. The number of hydrogen-bond donors (Lipinski definition) is 0. The topological polar surface area (TPSA) is 20.3 Å². The van der Waals surface area contributed by atoms with Crippen LogP contribution >= 0.6 is 15.9 Å². The van der Waals surface area contributed by atoms with Crippen molar-refractivity contribution >= 4 is 21.8 Å². The Bertz CT molecular complexity index is 419. The number of hydrogen-bond acceptors (Lipinski definition) is 1. The molecule has 0 bridgehead atoms. The van der Waals surface area contributed by atoms with Crippen molar-refractivity contribution in [3.63, 3.8) is 0 Å². The number of carbonyl (C=O) groups is 1. The molecule has 0 aliphatic carbocycles. The molecule has 0 aromatic heterocycles. The average molecular weight is 310 g/mol. The molecular weight excluding hydrogens is 290 g/mol. The van der Waals surface area contributed by atoms with Gasteiger partial charge in [0.2, 0.25) is 0 Å². The fourth-order valence-corrected chi connectivity index (χ4v) is 3.04. The van der Waals surface area contributed by atoms with E-state index in [9.17, 15) is 4.79 Å². The SMILES string of the molecule is CCC1CCCN(C(=O)c2ccccc2Br)CC1. The Balaban J connectivity index is 2.08. The van der Waals surface area contributed by atoms with Crippen LogP contribution in [0.4, 0.5) is 0 Å². The molecule has 1 fully saturated rings. The highest BCUT2D eigenvalue weighted by Gasteiger charge is 2.21. The molecule has 0 saturated carbocycles. The Morgan fingerprint density at radius 2 is 2.11 bits per heavy atom. The lowest BCUT2D eigenvalue weighted by Gasteiger charge is -2.21. The van der Waals surface area contributed by atoms with Crippen molar-refractivity contribution in [1.82, 2.24) is 4.90 Å². The van der Waals surface area contributed by atoms with Crippen molar-refractivity contribution in [2.75, 3.05) is 13.1 Å². The van der Waals surface area contributed by atoms with Crippen LogP contribution in [0.5, 0.6) is 0 Å². The van der Waals surface area contributed by atoms with Gasteiger partial charge in [-0.05, 0) is 53.2 Å². The van der Waals surface area contributed by atoms with Gasteiger partial charge in [-0.25, -0.2) is 0 Å². The van der Waals surface area contributed by atoms with Crippen LogP contribution in [0.1, 0.15) is 43.0 Å². The van der Waals surface area contributed by atoms with E-state index in [0.717, 1.165) is 41.9 Å². The van der Waals surface area contributed by atoms with Gasteiger partial charge >= 0.3 is 0 Å². The minimum atomic E-state index is 0.166. The van der Waals surface area contributed by atoms with Gasteiger partial charge in [-0.15, -0.1) is 0 Å². The van der Waals surface area contributed by atoms with Gasteiger partial charge in [0.15, 0.2) is 0 Å². The number of amides is 1. The maximum absolute atomic E-state index is 12.5. The second-order valence-electron chi connectivity index (χ2n) is 4.98. The number of likely N-dealkylation sites (tertiary alicyclic amines) is 1. The van der Waals surface area contributed by atoms with Crippen LogP contribution in [0.3, 0.4) is 0 Å². The summed E-state index contributed by atoms with van der Waals surface area (Å²) in [4.78, 5) is 14.5. The number of benzene rings is 1. The highest BCUT2D eigenvalue weighted by molar-refractivity contribution is 9.10. The third-order valence-corrected chi connectivity index (χ3v) is 4.51. The van der Waals surface area contributed by atoms with Gasteiger partial charge in [-0.2, -0.15) is 0 Å². The summed E-state index contributed by atoms with van der Waals surface area (Å²) in [6, 6.07) is 7.69. The third kappa shape index (κ3) is 3.14. The first kappa shape index (κ1) is 13.6. The minimum Gasteiger partial charge on any atom is -0.339 e. The maximum Gasteiger partial charge on any atom is 0.254 e. The Morgan fingerprint density at radius 3 is 2.83 bits per heavy atom. The van der Waals surface area contributed by atoms with Crippen LogP contribution in [0, 0.1) is 5.92 Å². The van der Waals surface area contributed by atoms with Crippen LogP contribution in [0.25, 0.3) is 0 Å². The largest absolute Gasteiger partial charge is 0.339 e. The molecule has 1 aliphatic rings. The first-order chi connectivity index (χ1) is 8.72. The second-order valence-corrected chi connectivity index (χ2v) is 5.83. The van der Waals surface area contributed by atoms with Gasteiger partial charge in [-0.3, -0.25) is 4.79 Å². The van der Waals surface area contributed by atoms with Gasteiger partial charge in [0, 0.05) is 17.6 Å². The fraction of sp³-hybridized carbons (Fsp3) is 0.533. The van der Waals surface area contributed by atoms with Crippen LogP contribution in [0.2, 0.25) is 0 Å². The summed E-state index contributed by atoms with van der Waals surface area (Å²) in [6.07, 6.45) is 4.77. The predicted molar refractivity (Wildman–Crippen MR) is 77.7 cm³/mol. The quantitative estimate of drug-likeness (QED) is 0.805. The van der Waals surface area contributed by atoms with Crippen LogP contribution in [0.15, 0.2) is 28.7 Å². The van der Waals surface area contributed by atoms with Crippen LogP contribution < -0.4 is 0 Å². The van der Waals surface area contributed by atoms with Gasteiger partial charge in [0.1, 0.15) is 0 Å². The lowest BCUT2D eigenvalue weighted by molar-refractivity contribution is 0.0759. The summed E-state index contributed by atoms with van der Waals surface area (Å²) in [5, 5.41) is 0. The highest BCUT2D eigenvalue weighted by Crippen LogP contribution is 2.23. The van der Waals surface area contributed by atoms with E-state index >= 15 is 0 Å².